The van der Waals surface area contributed by atoms with Gasteiger partial charge in [0, 0.05) is 10.3 Å². The number of nitrogens with zero attached hydrogens (tertiary/aromatic N) is 1. The van der Waals surface area contributed by atoms with Gasteiger partial charge in [-0.1, -0.05) is 18.2 Å². The van der Waals surface area contributed by atoms with Crippen LogP contribution in [0.15, 0.2) is 52.1 Å². The highest BCUT2D eigenvalue weighted by Gasteiger charge is 2.14. The number of rotatable bonds is 6. The molecule has 2 aromatic heterocycles. The number of primary amides is 1. The molecule has 0 aliphatic carbocycles. The van der Waals surface area contributed by atoms with Crippen molar-refractivity contribution in [2.45, 2.75) is 4.90 Å². The van der Waals surface area contributed by atoms with Gasteiger partial charge in [0.25, 0.3) is 5.91 Å². The maximum Gasteiger partial charge on any atom is 0.275 e. The highest BCUT2D eigenvalue weighted by molar-refractivity contribution is 8.00. The molecular formula is C16H13N3O2S3. The van der Waals surface area contributed by atoms with Gasteiger partial charge in [-0.3, -0.25) is 9.59 Å². The Morgan fingerprint density at radius 3 is 2.75 bits per heavy atom. The quantitative estimate of drug-likeness (QED) is 0.643. The zero-order chi connectivity index (χ0) is 16.9. The molecule has 3 N–H and O–H groups in total. The van der Waals surface area contributed by atoms with E-state index in [2.05, 4.69) is 10.3 Å². The van der Waals surface area contributed by atoms with Crippen molar-refractivity contribution in [1.82, 2.24) is 4.98 Å². The fraction of sp³-hybridized carbons (Fsp3) is 0.0625. The molecule has 5 nitrogen and oxygen atoms in total. The predicted molar refractivity (Wildman–Crippen MR) is 99.7 cm³/mol. The second-order valence-corrected chi connectivity index (χ2v) is 7.54. The van der Waals surface area contributed by atoms with E-state index in [1.807, 2.05) is 35.7 Å². The molecule has 0 fully saturated rings. The van der Waals surface area contributed by atoms with Gasteiger partial charge in [0.05, 0.1) is 16.3 Å². The van der Waals surface area contributed by atoms with Crippen LogP contribution >= 0.6 is 34.4 Å². The summed E-state index contributed by atoms with van der Waals surface area (Å²) in [5.41, 5.74) is 6.19. The van der Waals surface area contributed by atoms with Crippen molar-refractivity contribution < 1.29 is 9.59 Å². The zero-order valence-electron chi connectivity index (χ0n) is 12.4. The molecule has 0 aliphatic rings. The molecule has 0 spiro atoms. The van der Waals surface area contributed by atoms with E-state index in [0.717, 1.165) is 14.8 Å². The largest absolute Gasteiger partial charge is 0.369 e. The number of thiazole rings is 1. The van der Waals surface area contributed by atoms with Gasteiger partial charge in [-0.2, -0.15) is 0 Å². The minimum absolute atomic E-state index is 0.159. The van der Waals surface area contributed by atoms with E-state index in [9.17, 15) is 9.59 Å². The summed E-state index contributed by atoms with van der Waals surface area (Å²) in [6.45, 7) is 0. The van der Waals surface area contributed by atoms with E-state index in [1.165, 1.54) is 23.1 Å². The molecule has 0 aliphatic heterocycles. The fourth-order valence-electron chi connectivity index (χ4n) is 1.92. The normalized spacial score (nSPS) is 10.5. The maximum absolute atomic E-state index is 12.4. The summed E-state index contributed by atoms with van der Waals surface area (Å²) in [7, 11) is 0. The zero-order valence-corrected chi connectivity index (χ0v) is 14.8. The SMILES string of the molecule is NC(=O)CSc1ccccc1NC(=O)c1csc(-c2cccs2)n1. The summed E-state index contributed by atoms with van der Waals surface area (Å²) in [4.78, 5) is 29.6. The van der Waals surface area contributed by atoms with Crippen molar-refractivity contribution in [3.63, 3.8) is 0 Å². The van der Waals surface area contributed by atoms with Crippen LogP contribution in [0.2, 0.25) is 0 Å². The Labute approximate surface area is 150 Å². The molecule has 0 radical (unpaired) electrons. The van der Waals surface area contributed by atoms with Crippen LogP contribution in [0.3, 0.4) is 0 Å². The first-order valence-corrected chi connectivity index (χ1v) is 9.69. The molecule has 0 saturated heterocycles. The summed E-state index contributed by atoms with van der Waals surface area (Å²) in [6.07, 6.45) is 0. The monoisotopic (exact) mass is 375 g/mol. The average molecular weight is 376 g/mol. The van der Waals surface area contributed by atoms with Crippen LogP contribution < -0.4 is 11.1 Å². The predicted octanol–water partition coefficient (Wildman–Crippen LogP) is 3.70. The van der Waals surface area contributed by atoms with Crippen molar-refractivity contribution in [3.05, 3.63) is 52.9 Å². The molecule has 3 rings (SSSR count). The van der Waals surface area contributed by atoms with Crippen molar-refractivity contribution in [3.8, 4) is 9.88 Å². The lowest BCUT2D eigenvalue weighted by molar-refractivity contribution is -0.115. The molecule has 122 valence electrons. The van der Waals surface area contributed by atoms with Crippen LogP contribution in [0.1, 0.15) is 10.5 Å². The summed E-state index contributed by atoms with van der Waals surface area (Å²) < 4.78 is 0. The number of amides is 2. The standard InChI is InChI=1S/C16H13N3O2S3/c17-14(20)9-23-12-5-2-1-4-10(12)18-15(21)11-8-24-16(19-11)13-6-3-7-22-13/h1-8H,9H2,(H2,17,20)(H,18,21). The minimum Gasteiger partial charge on any atom is -0.369 e. The number of para-hydroxylation sites is 1. The van der Waals surface area contributed by atoms with Gasteiger partial charge in [-0.05, 0) is 23.6 Å². The lowest BCUT2D eigenvalue weighted by Gasteiger charge is -2.09. The van der Waals surface area contributed by atoms with Crippen molar-refractivity contribution in [2.24, 2.45) is 5.73 Å². The maximum atomic E-state index is 12.4. The summed E-state index contributed by atoms with van der Waals surface area (Å²) >= 11 is 4.31. The molecule has 3 aromatic rings. The number of hydrogen-bond donors (Lipinski definition) is 2. The molecular weight excluding hydrogens is 362 g/mol. The number of anilines is 1. The minimum atomic E-state index is -0.402. The van der Waals surface area contributed by atoms with E-state index in [4.69, 9.17) is 5.73 Å². The first kappa shape index (κ1) is 16.7. The number of carbonyl (C=O) groups excluding carboxylic acids is 2. The van der Waals surface area contributed by atoms with Gasteiger partial charge in [-0.15, -0.1) is 34.4 Å². The molecule has 2 heterocycles. The molecule has 0 atom stereocenters. The van der Waals surface area contributed by atoms with E-state index >= 15 is 0 Å². The first-order valence-electron chi connectivity index (χ1n) is 6.94. The van der Waals surface area contributed by atoms with Crippen LogP contribution in [0.25, 0.3) is 9.88 Å². The van der Waals surface area contributed by atoms with E-state index < -0.39 is 5.91 Å². The Hall–Kier alpha value is -2.16. The topological polar surface area (TPSA) is 85.1 Å². The van der Waals surface area contributed by atoms with Crippen LogP contribution in [-0.4, -0.2) is 22.6 Å². The van der Waals surface area contributed by atoms with E-state index in [1.54, 1.807) is 22.8 Å². The number of carbonyl (C=O) groups is 2. The number of benzene rings is 1. The van der Waals surface area contributed by atoms with Crippen LogP contribution in [0, 0.1) is 0 Å². The highest BCUT2D eigenvalue weighted by atomic mass is 32.2. The average Bonchev–Trinajstić information content (AvgIpc) is 3.25. The molecule has 1 aromatic carbocycles. The van der Waals surface area contributed by atoms with Crippen LogP contribution in [-0.2, 0) is 4.79 Å². The third kappa shape index (κ3) is 4.02. The van der Waals surface area contributed by atoms with Gasteiger partial charge in [0.2, 0.25) is 5.91 Å². The van der Waals surface area contributed by atoms with Crippen LogP contribution in [0.5, 0.6) is 0 Å². The molecule has 0 unspecified atom stereocenters. The lowest BCUT2D eigenvalue weighted by atomic mass is 10.3. The van der Waals surface area contributed by atoms with Gasteiger partial charge < -0.3 is 11.1 Å². The summed E-state index contributed by atoms with van der Waals surface area (Å²) in [5.74, 6) is -0.519. The third-order valence-corrected chi connectivity index (χ3v) is 5.95. The molecule has 24 heavy (non-hydrogen) atoms. The van der Waals surface area contributed by atoms with Gasteiger partial charge in [-0.25, -0.2) is 4.98 Å². The first-order chi connectivity index (χ1) is 11.6. The lowest BCUT2D eigenvalue weighted by Crippen LogP contribution is -2.15. The summed E-state index contributed by atoms with van der Waals surface area (Å²) in [6, 6.07) is 11.2. The molecule has 8 heteroatoms. The Morgan fingerprint density at radius 1 is 1.17 bits per heavy atom. The number of nitrogens with one attached hydrogen (secondary N) is 1. The molecule has 0 bridgehead atoms. The Bertz CT molecular complexity index is 859. The van der Waals surface area contributed by atoms with Gasteiger partial charge in [0.15, 0.2) is 0 Å². The summed E-state index contributed by atoms with van der Waals surface area (Å²) in [5, 5.41) is 7.38. The second kappa shape index (κ2) is 7.61. The van der Waals surface area contributed by atoms with Crippen molar-refractivity contribution in [2.75, 3.05) is 11.1 Å². The Kier molecular flexibility index (Phi) is 5.29. The third-order valence-electron chi connectivity index (χ3n) is 2.97. The smallest absolute Gasteiger partial charge is 0.275 e. The Morgan fingerprint density at radius 2 is 2.00 bits per heavy atom. The number of hydrogen-bond acceptors (Lipinski definition) is 6. The van der Waals surface area contributed by atoms with E-state index in [0.29, 0.717) is 11.4 Å². The van der Waals surface area contributed by atoms with Gasteiger partial charge >= 0.3 is 0 Å². The fourth-order valence-corrected chi connectivity index (χ4v) is 4.28. The van der Waals surface area contributed by atoms with Crippen molar-refractivity contribution in [1.29, 1.82) is 0 Å². The number of thiophene rings is 1. The molecule has 2 amide bonds. The second-order valence-electron chi connectivity index (χ2n) is 4.72. The van der Waals surface area contributed by atoms with Crippen LogP contribution in [0.4, 0.5) is 5.69 Å². The van der Waals surface area contributed by atoms with Crippen molar-refractivity contribution >= 4 is 51.9 Å². The van der Waals surface area contributed by atoms with E-state index in [-0.39, 0.29) is 11.7 Å². The highest BCUT2D eigenvalue weighted by Crippen LogP contribution is 2.29. The number of nitrogens with two attached hydrogens (primary N) is 1. The number of thioether (sulfide) groups is 1. The Balaban J connectivity index is 1.74. The number of aromatic nitrogens is 1. The van der Waals surface area contributed by atoms with Gasteiger partial charge in [0.1, 0.15) is 10.7 Å². The molecule has 0 saturated carbocycles.